The van der Waals surface area contributed by atoms with Crippen LogP contribution in [0.15, 0.2) is 24.4 Å². The number of nitrogens with one attached hydrogen (secondary N) is 2. The molecule has 20 heavy (non-hydrogen) atoms. The van der Waals surface area contributed by atoms with Crippen molar-refractivity contribution in [2.24, 2.45) is 0 Å². The van der Waals surface area contributed by atoms with Crippen LogP contribution in [-0.2, 0) is 4.79 Å². The minimum absolute atomic E-state index is 0.0278. The molecular weight excluding hydrogens is 254 g/mol. The average molecular weight is 273 g/mol. The van der Waals surface area contributed by atoms with Crippen molar-refractivity contribution in [1.29, 1.82) is 0 Å². The second-order valence-electron chi connectivity index (χ2n) is 4.65. The van der Waals surface area contributed by atoms with Crippen molar-refractivity contribution < 1.29 is 4.79 Å². The molecular formula is C14H19N5O. The molecule has 0 saturated carbocycles. The predicted octanol–water partition coefficient (Wildman–Crippen LogP) is 1.43. The quantitative estimate of drug-likeness (QED) is 0.864. The minimum Gasteiger partial charge on any atom is -0.325 e. The van der Waals surface area contributed by atoms with Gasteiger partial charge in [0.15, 0.2) is 5.82 Å². The number of anilines is 1. The molecule has 0 radical (unpaired) electrons. The van der Waals surface area contributed by atoms with Gasteiger partial charge in [0.25, 0.3) is 0 Å². The van der Waals surface area contributed by atoms with Gasteiger partial charge in [-0.3, -0.25) is 4.79 Å². The van der Waals surface area contributed by atoms with Crippen molar-refractivity contribution in [2.75, 3.05) is 18.9 Å². The van der Waals surface area contributed by atoms with Crippen LogP contribution in [0, 0.1) is 13.8 Å². The monoisotopic (exact) mass is 273 g/mol. The van der Waals surface area contributed by atoms with Crippen molar-refractivity contribution in [3.63, 3.8) is 0 Å². The zero-order chi connectivity index (χ0) is 14.5. The van der Waals surface area contributed by atoms with Gasteiger partial charge in [-0.25, -0.2) is 9.67 Å². The van der Waals surface area contributed by atoms with Crippen LogP contribution in [0.25, 0.3) is 5.82 Å². The number of nitrogens with zero attached hydrogens (tertiary/aromatic N) is 3. The maximum absolute atomic E-state index is 11.6. The number of hydrogen-bond acceptors (Lipinski definition) is 4. The summed E-state index contributed by atoms with van der Waals surface area (Å²) < 4.78 is 1.78. The van der Waals surface area contributed by atoms with Crippen molar-refractivity contribution in [3.8, 4) is 5.82 Å². The first kappa shape index (κ1) is 14.2. The normalized spacial score (nSPS) is 10.6. The molecule has 106 valence electrons. The molecule has 2 N–H and O–H groups in total. The molecule has 2 rings (SSSR count). The highest BCUT2D eigenvalue weighted by Gasteiger charge is 2.06. The number of hydrogen-bond donors (Lipinski definition) is 2. The van der Waals surface area contributed by atoms with Crippen LogP contribution in [-0.4, -0.2) is 34.3 Å². The third kappa shape index (κ3) is 3.42. The standard InChI is InChI=1S/C14H19N5O/c1-10-8-11(2)19(18-10)13-5-4-12(9-16-13)17-14(20)6-7-15-3/h4-5,8-9,15H,6-7H2,1-3H3,(H,17,20). The topological polar surface area (TPSA) is 71.8 Å². The Labute approximate surface area is 118 Å². The average Bonchev–Trinajstić information content (AvgIpc) is 2.76. The largest absolute Gasteiger partial charge is 0.325 e. The molecule has 0 atom stereocenters. The summed E-state index contributed by atoms with van der Waals surface area (Å²) in [5.41, 5.74) is 2.67. The summed E-state index contributed by atoms with van der Waals surface area (Å²) in [6, 6.07) is 5.66. The van der Waals surface area contributed by atoms with Gasteiger partial charge < -0.3 is 10.6 Å². The fraction of sp³-hybridized carbons (Fsp3) is 0.357. The van der Waals surface area contributed by atoms with E-state index in [2.05, 4.69) is 20.7 Å². The van der Waals surface area contributed by atoms with E-state index in [1.54, 1.807) is 10.9 Å². The van der Waals surface area contributed by atoms with Crippen LogP contribution < -0.4 is 10.6 Å². The van der Waals surface area contributed by atoms with Crippen LogP contribution in [0.2, 0.25) is 0 Å². The van der Waals surface area contributed by atoms with E-state index in [9.17, 15) is 4.79 Å². The summed E-state index contributed by atoms with van der Waals surface area (Å²) in [7, 11) is 1.82. The molecule has 0 fully saturated rings. The molecule has 0 aromatic carbocycles. The van der Waals surface area contributed by atoms with E-state index in [1.807, 2.05) is 39.1 Å². The van der Waals surface area contributed by atoms with E-state index in [0.717, 1.165) is 17.2 Å². The molecule has 2 aromatic heterocycles. The Kier molecular flexibility index (Phi) is 4.47. The molecule has 0 aliphatic carbocycles. The van der Waals surface area contributed by atoms with E-state index in [1.165, 1.54) is 0 Å². The third-order valence-corrected chi connectivity index (χ3v) is 2.86. The minimum atomic E-state index is -0.0278. The first-order valence-electron chi connectivity index (χ1n) is 6.54. The summed E-state index contributed by atoms with van der Waals surface area (Å²) in [6.45, 7) is 4.58. The van der Waals surface area contributed by atoms with Gasteiger partial charge in [0.05, 0.1) is 17.6 Å². The molecule has 6 nitrogen and oxygen atoms in total. The Morgan fingerprint density at radius 3 is 2.70 bits per heavy atom. The number of pyridine rings is 1. The Morgan fingerprint density at radius 1 is 1.35 bits per heavy atom. The summed E-state index contributed by atoms with van der Waals surface area (Å²) in [5, 5.41) is 10.1. The highest BCUT2D eigenvalue weighted by molar-refractivity contribution is 5.90. The van der Waals surface area contributed by atoms with E-state index in [-0.39, 0.29) is 5.91 Å². The van der Waals surface area contributed by atoms with Crippen molar-refractivity contribution >= 4 is 11.6 Å². The fourth-order valence-corrected chi connectivity index (χ4v) is 1.91. The van der Waals surface area contributed by atoms with Crippen LogP contribution in [0.5, 0.6) is 0 Å². The number of rotatable bonds is 5. The smallest absolute Gasteiger partial charge is 0.225 e. The molecule has 2 aromatic rings. The number of carbonyl (C=O) groups is 1. The maximum atomic E-state index is 11.6. The maximum Gasteiger partial charge on any atom is 0.225 e. The van der Waals surface area contributed by atoms with Crippen LogP contribution in [0.3, 0.4) is 0 Å². The highest BCUT2D eigenvalue weighted by Crippen LogP contribution is 2.12. The summed E-state index contributed by atoms with van der Waals surface area (Å²) in [5.74, 6) is 0.712. The van der Waals surface area contributed by atoms with Crippen molar-refractivity contribution in [2.45, 2.75) is 20.3 Å². The van der Waals surface area contributed by atoms with Gasteiger partial charge >= 0.3 is 0 Å². The van der Waals surface area contributed by atoms with Crippen molar-refractivity contribution in [1.82, 2.24) is 20.1 Å². The number of carbonyl (C=O) groups excluding carboxylic acids is 1. The lowest BCUT2D eigenvalue weighted by molar-refractivity contribution is -0.116. The van der Waals surface area contributed by atoms with E-state index in [4.69, 9.17) is 0 Å². The Morgan fingerprint density at radius 2 is 2.15 bits per heavy atom. The first-order valence-corrected chi connectivity index (χ1v) is 6.54. The zero-order valence-electron chi connectivity index (χ0n) is 12.0. The molecule has 0 saturated heterocycles. The zero-order valence-corrected chi connectivity index (χ0v) is 12.0. The number of aromatic nitrogens is 3. The lowest BCUT2D eigenvalue weighted by Crippen LogP contribution is -2.18. The first-order chi connectivity index (χ1) is 9.60. The van der Waals surface area contributed by atoms with Gasteiger partial charge in [-0.1, -0.05) is 0 Å². The lowest BCUT2D eigenvalue weighted by Gasteiger charge is -2.07. The van der Waals surface area contributed by atoms with Gasteiger partial charge in [0.1, 0.15) is 0 Å². The van der Waals surface area contributed by atoms with E-state index in [0.29, 0.717) is 18.7 Å². The molecule has 0 bridgehead atoms. The molecule has 0 aliphatic rings. The summed E-state index contributed by atoms with van der Waals surface area (Å²) >= 11 is 0. The highest BCUT2D eigenvalue weighted by atomic mass is 16.1. The Hall–Kier alpha value is -2.21. The predicted molar refractivity (Wildman–Crippen MR) is 78.0 cm³/mol. The van der Waals surface area contributed by atoms with Gasteiger partial charge in [-0.2, -0.15) is 5.10 Å². The summed E-state index contributed by atoms with van der Waals surface area (Å²) in [6.07, 6.45) is 2.08. The number of aryl methyl sites for hydroxylation is 2. The van der Waals surface area contributed by atoms with Gasteiger partial charge in [0, 0.05) is 18.7 Å². The van der Waals surface area contributed by atoms with Gasteiger partial charge in [-0.05, 0) is 39.1 Å². The Balaban J connectivity index is 2.07. The van der Waals surface area contributed by atoms with E-state index >= 15 is 0 Å². The van der Waals surface area contributed by atoms with Gasteiger partial charge in [-0.15, -0.1) is 0 Å². The van der Waals surface area contributed by atoms with Crippen molar-refractivity contribution in [3.05, 3.63) is 35.8 Å². The molecule has 2 heterocycles. The SMILES string of the molecule is CNCCC(=O)Nc1ccc(-n2nc(C)cc2C)nc1. The second kappa shape index (κ2) is 6.29. The second-order valence-corrected chi connectivity index (χ2v) is 4.65. The Bertz CT molecular complexity index is 588. The van der Waals surface area contributed by atoms with Crippen LogP contribution in [0.1, 0.15) is 17.8 Å². The molecule has 6 heteroatoms. The summed E-state index contributed by atoms with van der Waals surface area (Å²) in [4.78, 5) is 15.9. The fourth-order valence-electron chi connectivity index (χ4n) is 1.91. The molecule has 0 spiro atoms. The molecule has 1 amide bonds. The molecule has 0 unspecified atom stereocenters. The third-order valence-electron chi connectivity index (χ3n) is 2.86. The van der Waals surface area contributed by atoms with Crippen LogP contribution >= 0.6 is 0 Å². The lowest BCUT2D eigenvalue weighted by atomic mass is 10.3. The molecule has 0 aliphatic heterocycles. The van der Waals surface area contributed by atoms with Crippen LogP contribution in [0.4, 0.5) is 5.69 Å². The van der Waals surface area contributed by atoms with Gasteiger partial charge in [0.2, 0.25) is 5.91 Å². The number of amides is 1. The van der Waals surface area contributed by atoms with E-state index < -0.39 is 0 Å².